The number of nitrogens with zero attached hydrogens (tertiary/aromatic N) is 2. The van der Waals surface area contributed by atoms with Crippen LogP contribution in [0.5, 0.6) is 11.5 Å². The number of aryl methyl sites for hydroxylation is 2. The molecule has 44 heavy (non-hydrogen) atoms. The van der Waals surface area contributed by atoms with E-state index in [2.05, 4.69) is 104 Å². The highest BCUT2D eigenvalue weighted by Gasteiger charge is 2.33. The molecule has 0 radical (unpaired) electrons. The molecule has 0 aliphatic rings. The van der Waals surface area contributed by atoms with Gasteiger partial charge in [-0.3, -0.25) is 0 Å². The number of benzene rings is 3. The molecule has 1 aromatic heterocycles. The molecule has 3 aromatic carbocycles. The molecule has 0 unspecified atom stereocenters. The Morgan fingerprint density at radius 2 is 1.16 bits per heavy atom. The second-order valence-electron chi connectivity index (χ2n) is 13.1. The fourth-order valence-electron chi connectivity index (χ4n) is 5.21. The molecule has 0 saturated carbocycles. The van der Waals surface area contributed by atoms with Gasteiger partial charge in [0.15, 0.2) is 13.6 Å². The van der Waals surface area contributed by atoms with Crippen LogP contribution in [-0.4, -0.2) is 38.7 Å². The van der Waals surface area contributed by atoms with E-state index in [1.54, 1.807) is 14.2 Å². The Bertz CT molecular complexity index is 1510. The number of hydrogen-bond donors (Lipinski definition) is 0. The highest BCUT2D eigenvalue weighted by atomic mass is 31.1. The Morgan fingerprint density at radius 3 is 1.61 bits per heavy atom. The second kappa shape index (κ2) is 14.1. The lowest BCUT2D eigenvalue weighted by Crippen LogP contribution is -2.30. The molecule has 4 rings (SSSR count). The zero-order valence-electron chi connectivity index (χ0n) is 27.9. The molecule has 0 spiro atoms. The number of ether oxygens (including phenoxy) is 4. The third kappa shape index (κ3) is 7.79. The molecule has 6 nitrogen and oxygen atoms in total. The average molecular weight is 615 g/mol. The first kappa shape index (κ1) is 33.5. The maximum absolute atomic E-state index is 6.52. The van der Waals surface area contributed by atoms with Gasteiger partial charge in [0.2, 0.25) is 0 Å². The van der Waals surface area contributed by atoms with Crippen LogP contribution in [0, 0.1) is 13.8 Å². The smallest absolute Gasteiger partial charge is 0.188 e. The molecule has 0 atom stereocenters. The number of rotatable bonds is 11. The van der Waals surface area contributed by atoms with Crippen molar-refractivity contribution < 1.29 is 18.9 Å². The van der Waals surface area contributed by atoms with E-state index in [1.165, 1.54) is 11.1 Å². The minimum Gasteiger partial charge on any atom is -0.467 e. The SMILES string of the molecule is COCOc1c(P(c2ccccc2/C=N/n2cccc2)c2cc(C)cc(C(C)(C)C)c2OCOC)cc(C)cc1C(C)(C)C. The van der Waals surface area contributed by atoms with Crippen LogP contribution in [0.15, 0.2) is 78.2 Å². The number of methoxy groups -OCH3 is 2. The van der Waals surface area contributed by atoms with Crippen molar-refractivity contribution in [3.05, 3.63) is 101 Å². The quantitative estimate of drug-likeness (QED) is 0.101. The Hall–Kier alpha value is -3.44. The van der Waals surface area contributed by atoms with Crippen molar-refractivity contribution in [2.45, 2.75) is 66.2 Å². The standard InChI is InChI=1S/C37H47N2O4P/c1-26-19-29(36(3,4)5)34(42-24-40-9)32(21-26)44(31-16-12-11-15-28(31)23-38-39-17-13-14-18-39)33-22-27(2)20-30(37(6,7)8)35(33)43-25-41-10/h11-23H,24-25H2,1-10H3/b38-23+. The van der Waals surface area contributed by atoms with Gasteiger partial charge >= 0.3 is 0 Å². The van der Waals surface area contributed by atoms with E-state index in [4.69, 9.17) is 24.0 Å². The van der Waals surface area contributed by atoms with Gasteiger partial charge in [-0.1, -0.05) is 77.9 Å². The Labute approximate surface area is 264 Å². The highest BCUT2D eigenvalue weighted by molar-refractivity contribution is 7.80. The molecule has 0 aliphatic carbocycles. The molecule has 0 aliphatic heterocycles. The molecule has 0 saturated heterocycles. The fourth-order valence-corrected chi connectivity index (χ4v) is 8.06. The minimum atomic E-state index is -1.23. The molecular weight excluding hydrogens is 567 g/mol. The van der Waals surface area contributed by atoms with Crippen molar-refractivity contribution in [3.63, 3.8) is 0 Å². The summed E-state index contributed by atoms with van der Waals surface area (Å²) in [5.41, 5.74) is 5.31. The van der Waals surface area contributed by atoms with Gasteiger partial charge in [-0.2, -0.15) is 5.10 Å². The van der Waals surface area contributed by atoms with Crippen LogP contribution in [0.3, 0.4) is 0 Å². The second-order valence-corrected chi connectivity index (χ2v) is 15.2. The van der Waals surface area contributed by atoms with Gasteiger partial charge in [0, 0.05) is 53.9 Å². The normalized spacial score (nSPS) is 12.3. The molecule has 0 bridgehead atoms. The summed E-state index contributed by atoms with van der Waals surface area (Å²) < 4.78 is 25.8. The summed E-state index contributed by atoms with van der Waals surface area (Å²) in [4.78, 5) is 0. The first-order chi connectivity index (χ1) is 20.8. The van der Waals surface area contributed by atoms with Crippen LogP contribution in [0.1, 0.15) is 69.4 Å². The van der Waals surface area contributed by atoms with Gasteiger partial charge < -0.3 is 18.9 Å². The minimum absolute atomic E-state index is 0.146. The van der Waals surface area contributed by atoms with E-state index >= 15 is 0 Å². The average Bonchev–Trinajstić information content (AvgIpc) is 3.48. The third-order valence-corrected chi connectivity index (χ3v) is 9.78. The molecule has 0 fully saturated rings. The molecule has 234 valence electrons. The zero-order chi connectivity index (χ0) is 32.1. The van der Waals surface area contributed by atoms with Crippen molar-refractivity contribution in [2.75, 3.05) is 27.8 Å². The first-order valence-electron chi connectivity index (χ1n) is 15.0. The van der Waals surface area contributed by atoms with E-state index in [0.717, 1.165) is 44.1 Å². The Kier molecular flexibility index (Phi) is 10.7. The van der Waals surface area contributed by atoms with Crippen LogP contribution in [0.25, 0.3) is 0 Å². The van der Waals surface area contributed by atoms with Crippen molar-refractivity contribution >= 4 is 30.0 Å². The number of aromatic nitrogens is 1. The topological polar surface area (TPSA) is 54.2 Å². The summed E-state index contributed by atoms with van der Waals surface area (Å²) >= 11 is 0. The maximum Gasteiger partial charge on any atom is 0.188 e. The first-order valence-corrected chi connectivity index (χ1v) is 16.3. The van der Waals surface area contributed by atoms with E-state index in [0.29, 0.717) is 0 Å². The van der Waals surface area contributed by atoms with Gasteiger partial charge in [0.25, 0.3) is 0 Å². The van der Waals surface area contributed by atoms with Crippen molar-refractivity contribution in [1.29, 1.82) is 0 Å². The van der Waals surface area contributed by atoms with E-state index in [-0.39, 0.29) is 24.4 Å². The lowest BCUT2D eigenvalue weighted by molar-refractivity contribution is 0.0506. The fraction of sp³-hybridized carbons (Fsp3) is 0.378. The maximum atomic E-state index is 6.52. The number of hydrogen-bond acceptors (Lipinski definition) is 5. The molecule has 7 heteroatoms. The van der Waals surface area contributed by atoms with Crippen LogP contribution in [0.2, 0.25) is 0 Å². The van der Waals surface area contributed by atoms with Crippen molar-refractivity contribution in [2.24, 2.45) is 5.10 Å². The van der Waals surface area contributed by atoms with Crippen LogP contribution >= 0.6 is 7.92 Å². The highest BCUT2D eigenvalue weighted by Crippen LogP contribution is 2.46. The van der Waals surface area contributed by atoms with E-state index in [1.807, 2.05) is 35.4 Å². The zero-order valence-corrected chi connectivity index (χ0v) is 28.8. The summed E-state index contributed by atoms with van der Waals surface area (Å²) in [5.74, 6) is 1.70. The van der Waals surface area contributed by atoms with E-state index < -0.39 is 7.92 Å². The summed E-state index contributed by atoms with van der Waals surface area (Å²) in [6.45, 7) is 18.0. The molecular formula is C37H47N2O4P. The van der Waals surface area contributed by atoms with Crippen molar-refractivity contribution in [1.82, 2.24) is 4.68 Å². The van der Waals surface area contributed by atoms with Crippen LogP contribution in [-0.2, 0) is 20.3 Å². The lowest BCUT2D eigenvalue weighted by Gasteiger charge is -2.32. The molecule has 0 N–H and O–H groups in total. The van der Waals surface area contributed by atoms with Crippen molar-refractivity contribution in [3.8, 4) is 11.5 Å². The van der Waals surface area contributed by atoms with E-state index in [9.17, 15) is 0 Å². The third-order valence-electron chi connectivity index (χ3n) is 7.26. The predicted molar refractivity (Wildman–Crippen MR) is 184 cm³/mol. The molecule has 4 aromatic rings. The van der Waals surface area contributed by atoms with Gasteiger partial charge in [-0.25, -0.2) is 4.68 Å². The van der Waals surface area contributed by atoms with Crippen LogP contribution < -0.4 is 25.4 Å². The molecule has 1 heterocycles. The summed E-state index contributed by atoms with van der Waals surface area (Å²) in [6.07, 6.45) is 5.81. The summed E-state index contributed by atoms with van der Waals surface area (Å²) in [7, 11) is 2.09. The summed E-state index contributed by atoms with van der Waals surface area (Å²) in [6, 6.07) is 21.4. The van der Waals surface area contributed by atoms with Gasteiger partial charge in [0.1, 0.15) is 11.5 Å². The molecule has 0 amide bonds. The van der Waals surface area contributed by atoms with Gasteiger partial charge in [-0.05, 0) is 73.3 Å². The van der Waals surface area contributed by atoms with Gasteiger partial charge in [0.05, 0.1) is 6.21 Å². The predicted octanol–water partition coefficient (Wildman–Crippen LogP) is 7.31. The summed E-state index contributed by atoms with van der Waals surface area (Å²) in [5, 5.41) is 8.13. The largest absolute Gasteiger partial charge is 0.467 e. The Morgan fingerprint density at radius 1 is 0.682 bits per heavy atom. The van der Waals surface area contributed by atoms with Gasteiger partial charge in [-0.15, -0.1) is 0 Å². The van der Waals surface area contributed by atoms with Crippen LogP contribution in [0.4, 0.5) is 0 Å². The lowest BCUT2D eigenvalue weighted by atomic mass is 9.85. The monoisotopic (exact) mass is 614 g/mol. The Balaban J connectivity index is 2.15.